The predicted molar refractivity (Wildman–Crippen MR) is 119 cm³/mol. The maximum atomic E-state index is 13.6. The molecule has 3 aromatic rings. The lowest BCUT2D eigenvalue weighted by Gasteiger charge is -2.39. The van der Waals surface area contributed by atoms with Gasteiger partial charge in [-0.15, -0.1) is 0 Å². The highest BCUT2D eigenvalue weighted by molar-refractivity contribution is 7.91. The van der Waals surface area contributed by atoms with Gasteiger partial charge in [0.1, 0.15) is 4.90 Å². The van der Waals surface area contributed by atoms with E-state index in [4.69, 9.17) is 21.1 Å². The van der Waals surface area contributed by atoms with Crippen molar-refractivity contribution in [2.24, 2.45) is 0 Å². The minimum absolute atomic E-state index is 0.190. The summed E-state index contributed by atoms with van der Waals surface area (Å²) in [6.07, 6.45) is 2.80. The van der Waals surface area contributed by atoms with Crippen LogP contribution in [0.5, 0.6) is 0 Å². The lowest BCUT2D eigenvalue weighted by molar-refractivity contribution is -0.169. The van der Waals surface area contributed by atoms with Crippen molar-refractivity contribution in [2.75, 3.05) is 31.2 Å². The normalized spacial score (nSPS) is 18.7. The Balaban J connectivity index is 1.64. The number of hydrogen-bond donors (Lipinski definition) is 0. The molecule has 5 rings (SSSR count). The summed E-state index contributed by atoms with van der Waals surface area (Å²) in [5.41, 5.74) is 2.34. The van der Waals surface area contributed by atoms with Crippen molar-refractivity contribution in [3.8, 4) is 0 Å². The van der Waals surface area contributed by atoms with Crippen molar-refractivity contribution in [3.63, 3.8) is 0 Å². The number of pyridine rings is 1. The first-order valence-electron chi connectivity index (χ1n) is 10.3. The van der Waals surface area contributed by atoms with Crippen LogP contribution in [0.4, 0.5) is 5.69 Å². The smallest absolute Gasteiger partial charge is 0.210 e. The zero-order valence-electron chi connectivity index (χ0n) is 17.2. The Hall–Kier alpha value is -2.19. The molecule has 0 aliphatic carbocycles. The molecule has 0 radical (unpaired) electrons. The summed E-state index contributed by atoms with van der Waals surface area (Å²) in [7, 11) is -3.78. The molecule has 2 aliphatic rings. The number of piperidine rings is 1. The van der Waals surface area contributed by atoms with Crippen molar-refractivity contribution in [3.05, 3.63) is 59.2 Å². The summed E-state index contributed by atoms with van der Waals surface area (Å²) >= 11 is 6.29. The van der Waals surface area contributed by atoms with Crippen LogP contribution >= 0.6 is 11.6 Å². The third-order valence-corrected chi connectivity index (χ3v) is 8.05. The van der Waals surface area contributed by atoms with E-state index < -0.39 is 15.6 Å². The van der Waals surface area contributed by atoms with E-state index in [0.29, 0.717) is 55.4 Å². The molecule has 6 nitrogen and oxygen atoms in total. The van der Waals surface area contributed by atoms with Gasteiger partial charge < -0.3 is 14.4 Å². The molecule has 3 heterocycles. The zero-order valence-corrected chi connectivity index (χ0v) is 18.7. The Kier molecular flexibility index (Phi) is 5.17. The Bertz CT molecular complexity index is 1230. The number of aryl methyl sites for hydroxylation is 1. The quantitative estimate of drug-likeness (QED) is 0.580. The van der Waals surface area contributed by atoms with E-state index in [1.165, 1.54) is 6.20 Å². The number of ether oxygens (including phenoxy) is 2. The fourth-order valence-corrected chi connectivity index (χ4v) is 5.96. The van der Waals surface area contributed by atoms with E-state index in [9.17, 15) is 8.42 Å². The molecule has 0 atom stereocenters. The monoisotopic (exact) mass is 458 g/mol. The third kappa shape index (κ3) is 3.69. The number of hydrogen-bond acceptors (Lipinski definition) is 6. The second-order valence-electron chi connectivity index (χ2n) is 8.04. The van der Waals surface area contributed by atoms with Crippen molar-refractivity contribution in [1.29, 1.82) is 0 Å². The van der Waals surface area contributed by atoms with Gasteiger partial charge in [-0.1, -0.05) is 29.3 Å². The molecular weight excluding hydrogens is 436 g/mol. The maximum Gasteiger partial charge on any atom is 0.210 e. The van der Waals surface area contributed by atoms with Crippen LogP contribution in [0.1, 0.15) is 18.4 Å². The maximum absolute atomic E-state index is 13.6. The number of fused-ring (bicyclic) bond motifs is 1. The van der Waals surface area contributed by atoms with Crippen LogP contribution < -0.4 is 4.90 Å². The zero-order chi connectivity index (χ0) is 21.6. The summed E-state index contributed by atoms with van der Waals surface area (Å²) < 4.78 is 39.0. The first-order valence-corrected chi connectivity index (χ1v) is 12.2. The number of nitrogens with zero attached hydrogens (tertiary/aromatic N) is 2. The summed E-state index contributed by atoms with van der Waals surface area (Å²) in [5.74, 6) is -0.549. The van der Waals surface area contributed by atoms with E-state index in [1.807, 2.05) is 13.0 Å². The highest BCUT2D eigenvalue weighted by Crippen LogP contribution is 2.40. The van der Waals surface area contributed by atoms with Gasteiger partial charge in [0.2, 0.25) is 9.84 Å². The fraction of sp³-hybridized carbons (Fsp3) is 0.348. The first-order chi connectivity index (χ1) is 14.9. The Morgan fingerprint density at radius 3 is 2.39 bits per heavy atom. The van der Waals surface area contributed by atoms with E-state index in [0.717, 1.165) is 10.9 Å². The van der Waals surface area contributed by atoms with Crippen molar-refractivity contribution >= 4 is 38.0 Å². The minimum Gasteiger partial charge on any atom is -0.369 e. The van der Waals surface area contributed by atoms with Crippen LogP contribution in [0.3, 0.4) is 0 Å². The largest absolute Gasteiger partial charge is 0.369 e. The van der Waals surface area contributed by atoms with Crippen molar-refractivity contribution in [1.82, 2.24) is 4.98 Å². The average molecular weight is 459 g/mol. The lowest BCUT2D eigenvalue weighted by Crippen LogP contribution is -2.45. The number of rotatable bonds is 3. The van der Waals surface area contributed by atoms with E-state index in [-0.39, 0.29) is 9.79 Å². The van der Waals surface area contributed by atoms with Gasteiger partial charge in [-0.05, 0) is 37.3 Å². The highest BCUT2D eigenvalue weighted by atomic mass is 35.5. The van der Waals surface area contributed by atoms with Crippen LogP contribution in [0, 0.1) is 6.92 Å². The van der Waals surface area contributed by atoms with Gasteiger partial charge >= 0.3 is 0 Å². The number of halogens is 1. The van der Waals surface area contributed by atoms with E-state index in [2.05, 4.69) is 9.88 Å². The molecule has 0 saturated carbocycles. The highest BCUT2D eigenvalue weighted by Gasteiger charge is 2.41. The SMILES string of the molecule is Cc1ccc(S(=O)(=O)c2cnc3ccc(Cl)cc3c2N2CCC3(CC2)OCCO3)cc1. The molecule has 2 fully saturated rings. The molecule has 2 aliphatic heterocycles. The standard InChI is InChI=1S/C23H23ClN2O4S/c1-16-2-5-18(6-3-16)31(27,28)21-15-25-20-7-4-17(24)14-19(20)22(21)26-10-8-23(9-11-26)29-12-13-30-23/h2-7,14-15H,8-13H2,1H3. The number of benzene rings is 2. The van der Waals surface area contributed by atoms with Gasteiger partial charge in [-0.3, -0.25) is 4.98 Å². The van der Waals surface area contributed by atoms with Gasteiger partial charge in [0.15, 0.2) is 5.79 Å². The van der Waals surface area contributed by atoms with Crippen LogP contribution in [-0.4, -0.2) is 45.5 Å². The molecule has 0 amide bonds. The summed E-state index contributed by atoms with van der Waals surface area (Å²) in [6.45, 7) is 4.35. The molecular formula is C23H23ClN2O4S. The lowest BCUT2D eigenvalue weighted by atomic mass is 10.0. The molecule has 0 bridgehead atoms. The van der Waals surface area contributed by atoms with Crippen LogP contribution in [-0.2, 0) is 19.3 Å². The van der Waals surface area contributed by atoms with Gasteiger partial charge in [-0.25, -0.2) is 8.42 Å². The second-order valence-corrected chi connectivity index (χ2v) is 10.4. The molecule has 31 heavy (non-hydrogen) atoms. The molecule has 2 saturated heterocycles. The Morgan fingerprint density at radius 1 is 1.03 bits per heavy atom. The Morgan fingerprint density at radius 2 is 1.71 bits per heavy atom. The molecule has 0 N–H and O–H groups in total. The minimum atomic E-state index is -3.78. The molecule has 8 heteroatoms. The van der Waals surface area contributed by atoms with Gasteiger partial charge in [0.25, 0.3) is 0 Å². The Labute approximate surface area is 186 Å². The number of anilines is 1. The molecule has 1 aromatic heterocycles. The average Bonchev–Trinajstić information content (AvgIpc) is 3.22. The molecule has 2 aromatic carbocycles. The number of aromatic nitrogens is 1. The fourth-order valence-electron chi connectivity index (χ4n) is 4.36. The van der Waals surface area contributed by atoms with Crippen LogP contribution in [0.15, 0.2) is 58.5 Å². The molecule has 162 valence electrons. The van der Waals surface area contributed by atoms with Crippen LogP contribution in [0.2, 0.25) is 5.02 Å². The number of sulfone groups is 1. The van der Waals surface area contributed by atoms with Gasteiger partial charge in [-0.2, -0.15) is 0 Å². The third-order valence-electron chi connectivity index (χ3n) is 6.04. The van der Waals surface area contributed by atoms with Crippen molar-refractivity contribution < 1.29 is 17.9 Å². The first kappa shape index (κ1) is 20.7. The second kappa shape index (κ2) is 7.74. The van der Waals surface area contributed by atoms with E-state index >= 15 is 0 Å². The summed E-state index contributed by atoms with van der Waals surface area (Å²) in [5, 5.41) is 1.27. The predicted octanol–water partition coefficient (Wildman–Crippen LogP) is 4.37. The molecule has 1 spiro atoms. The summed E-state index contributed by atoms with van der Waals surface area (Å²) in [4.78, 5) is 6.98. The van der Waals surface area contributed by atoms with Crippen molar-refractivity contribution in [2.45, 2.75) is 35.3 Å². The van der Waals surface area contributed by atoms with Gasteiger partial charge in [0, 0.05) is 42.5 Å². The topological polar surface area (TPSA) is 68.7 Å². The summed E-state index contributed by atoms with van der Waals surface area (Å²) in [6, 6.07) is 12.3. The van der Waals surface area contributed by atoms with Crippen LogP contribution in [0.25, 0.3) is 10.9 Å². The van der Waals surface area contributed by atoms with Gasteiger partial charge in [0.05, 0.1) is 29.3 Å². The molecule has 0 unspecified atom stereocenters. The van der Waals surface area contributed by atoms with E-state index in [1.54, 1.807) is 36.4 Å².